The Kier molecular flexibility index (Phi) is 4.60. The zero-order valence-corrected chi connectivity index (χ0v) is 13.8. The maximum Gasteiger partial charge on any atom is 0.433 e. The van der Waals surface area contributed by atoms with Crippen LogP contribution < -0.4 is 0 Å². The third-order valence-corrected chi connectivity index (χ3v) is 3.83. The Labute approximate surface area is 150 Å². The zero-order valence-electron chi connectivity index (χ0n) is 13.8. The number of para-hydroxylation sites is 1. The molecule has 1 heterocycles. The van der Waals surface area contributed by atoms with Gasteiger partial charge in [0.1, 0.15) is 5.69 Å². The lowest BCUT2D eigenvalue weighted by molar-refractivity contribution is -0.142. The van der Waals surface area contributed by atoms with Gasteiger partial charge in [-0.15, -0.1) is 0 Å². The van der Waals surface area contributed by atoms with Gasteiger partial charge < -0.3 is 0 Å². The summed E-state index contributed by atoms with van der Waals surface area (Å²) in [6.07, 6.45) is -9.73. The molecule has 1 nitrogen and oxygen atoms in total. The number of alkyl halides is 6. The molecule has 0 aliphatic rings. The fourth-order valence-corrected chi connectivity index (χ4v) is 2.50. The Balaban J connectivity index is 2.27. The van der Waals surface area contributed by atoms with Crippen LogP contribution in [0, 0.1) is 18.8 Å². The summed E-state index contributed by atoms with van der Waals surface area (Å²) >= 11 is 0. The maximum absolute atomic E-state index is 13.2. The molecule has 0 saturated heterocycles. The predicted molar refractivity (Wildman–Crippen MR) is 88.9 cm³/mol. The van der Waals surface area contributed by atoms with Crippen molar-refractivity contribution >= 4 is 10.9 Å². The number of rotatable bonds is 0. The molecule has 27 heavy (non-hydrogen) atoms. The lowest BCUT2D eigenvalue weighted by atomic mass is 10.0. The molecule has 0 saturated carbocycles. The van der Waals surface area contributed by atoms with Crippen LogP contribution in [-0.2, 0) is 12.4 Å². The van der Waals surface area contributed by atoms with Crippen LogP contribution in [0.25, 0.3) is 10.9 Å². The van der Waals surface area contributed by atoms with Crippen LogP contribution in [0.15, 0.2) is 48.5 Å². The minimum atomic E-state index is -4.90. The first kappa shape index (κ1) is 18.8. The van der Waals surface area contributed by atoms with E-state index in [-0.39, 0.29) is 10.9 Å². The number of hydrogen-bond donors (Lipinski definition) is 0. The van der Waals surface area contributed by atoms with Crippen molar-refractivity contribution in [1.29, 1.82) is 0 Å². The molecule has 0 spiro atoms. The fraction of sp³-hybridized carbons (Fsp3) is 0.150. The van der Waals surface area contributed by atoms with Crippen LogP contribution in [0.2, 0.25) is 0 Å². The smallest absolute Gasteiger partial charge is 0.243 e. The summed E-state index contributed by atoms with van der Waals surface area (Å²) < 4.78 is 79.0. The van der Waals surface area contributed by atoms with Crippen molar-refractivity contribution in [3.8, 4) is 11.8 Å². The van der Waals surface area contributed by atoms with E-state index in [0.717, 1.165) is 11.6 Å². The van der Waals surface area contributed by atoms with Gasteiger partial charge in [-0.2, -0.15) is 26.3 Å². The summed E-state index contributed by atoms with van der Waals surface area (Å²) in [6.45, 7) is 1.86. The number of aromatic nitrogens is 1. The van der Waals surface area contributed by atoms with Crippen LogP contribution in [-0.4, -0.2) is 4.98 Å². The van der Waals surface area contributed by atoms with Crippen LogP contribution in [0.4, 0.5) is 26.3 Å². The standard InChI is InChI=1S/C20H11F6N/c1-12-5-7-13(8-6-12)9-10-14-11-17(20(24,25)26)27-18-15(14)3-2-4-16(18)19(21,22)23/h2-8,11H,1H3. The van der Waals surface area contributed by atoms with Crippen LogP contribution in [0.5, 0.6) is 0 Å². The van der Waals surface area contributed by atoms with Crippen LogP contribution in [0.1, 0.15) is 27.9 Å². The van der Waals surface area contributed by atoms with E-state index in [4.69, 9.17) is 0 Å². The van der Waals surface area contributed by atoms with Crippen molar-refractivity contribution in [1.82, 2.24) is 4.98 Å². The Morgan fingerprint density at radius 1 is 0.815 bits per heavy atom. The fourth-order valence-electron chi connectivity index (χ4n) is 2.50. The number of nitrogens with zero attached hydrogens (tertiary/aromatic N) is 1. The molecule has 0 unspecified atom stereocenters. The van der Waals surface area contributed by atoms with Gasteiger partial charge in [0.25, 0.3) is 0 Å². The normalized spacial score (nSPS) is 12.0. The Hall–Kier alpha value is -3.01. The Bertz CT molecular complexity index is 1050. The van der Waals surface area contributed by atoms with Crippen molar-refractivity contribution in [3.05, 3.63) is 76.5 Å². The monoisotopic (exact) mass is 379 g/mol. The van der Waals surface area contributed by atoms with E-state index < -0.39 is 29.1 Å². The van der Waals surface area contributed by atoms with E-state index in [1.54, 1.807) is 24.3 Å². The summed E-state index contributed by atoms with van der Waals surface area (Å²) in [5.41, 5.74) is -2.08. The lowest BCUT2D eigenvalue weighted by Crippen LogP contribution is -2.12. The molecule has 1 aromatic heterocycles. The van der Waals surface area contributed by atoms with E-state index >= 15 is 0 Å². The minimum absolute atomic E-state index is 0.0857. The molecule has 0 atom stereocenters. The van der Waals surface area contributed by atoms with Crippen molar-refractivity contribution < 1.29 is 26.3 Å². The number of pyridine rings is 1. The quantitative estimate of drug-likeness (QED) is 0.346. The van der Waals surface area contributed by atoms with E-state index in [1.165, 1.54) is 6.07 Å². The maximum atomic E-state index is 13.2. The number of hydrogen-bond acceptors (Lipinski definition) is 1. The SMILES string of the molecule is Cc1ccc(C#Cc2cc(C(F)(F)F)nc3c(C(F)(F)F)cccc23)cc1. The molecular formula is C20H11F6N. The van der Waals surface area contributed by atoms with Gasteiger partial charge in [0.2, 0.25) is 0 Å². The van der Waals surface area contributed by atoms with E-state index in [0.29, 0.717) is 17.7 Å². The van der Waals surface area contributed by atoms with Gasteiger partial charge in [0.05, 0.1) is 11.1 Å². The second-order valence-electron chi connectivity index (χ2n) is 5.87. The van der Waals surface area contributed by atoms with Crippen LogP contribution in [0.3, 0.4) is 0 Å². The first-order valence-electron chi connectivity index (χ1n) is 7.72. The highest BCUT2D eigenvalue weighted by molar-refractivity contribution is 5.88. The Morgan fingerprint density at radius 3 is 2.07 bits per heavy atom. The number of halogens is 6. The predicted octanol–water partition coefficient (Wildman–Crippen LogP) is 5.98. The first-order chi connectivity index (χ1) is 12.6. The van der Waals surface area contributed by atoms with Gasteiger partial charge in [-0.05, 0) is 31.2 Å². The third kappa shape index (κ3) is 4.05. The summed E-state index contributed by atoms with van der Waals surface area (Å²) in [6, 6.07) is 10.7. The molecule has 0 amide bonds. The molecule has 0 radical (unpaired) electrons. The lowest BCUT2D eigenvalue weighted by Gasteiger charge is -2.13. The molecule has 0 bridgehead atoms. The summed E-state index contributed by atoms with van der Waals surface area (Å²) in [7, 11) is 0. The van der Waals surface area contributed by atoms with E-state index in [1.807, 2.05) is 6.92 Å². The molecule has 0 fully saturated rings. The highest BCUT2D eigenvalue weighted by Gasteiger charge is 2.37. The van der Waals surface area contributed by atoms with Gasteiger partial charge in [0, 0.05) is 16.5 Å². The number of aryl methyl sites for hydroxylation is 1. The molecule has 2 aromatic carbocycles. The van der Waals surface area contributed by atoms with E-state index in [2.05, 4.69) is 16.8 Å². The van der Waals surface area contributed by atoms with Gasteiger partial charge >= 0.3 is 12.4 Å². The third-order valence-electron chi connectivity index (χ3n) is 3.83. The highest BCUT2D eigenvalue weighted by atomic mass is 19.4. The Morgan fingerprint density at radius 2 is 1.48 bits per heavy atom. The second kappa shape index (κ2) is 6.62. The molecular weight excluding hydrogens is 368 g/mol. The van der Waals surface area contributed by atoms with Crippen LogP contribution >= 0.6 is 0 Å². The number of fused-ring (bicyclic) bond motifs is 1. The van der Waals surface area contributed by atoms with Crippen molar-refractivity contribution in [2.24, 2.45) is 0 Å². The van der Waals surface area contributed by atoms with Gasteiger partial charge in [-0.3, -0.25) is 0 Å². The minimum Gasteiger partial charge on any atom is -0.243 e. The van der Waals surface area contributed by atoms with Crippen molar-refractivity contribution in [3.63, 3.8) is 0 Å². The largest absolute Gasteiger partial charge is 0.433 e. The highest BCUT2D eigenvalue weighted by Crippen LogP contribution is 2.37. The summed E-state index contributed by atoms with van der Waals surface area (Å²) in [5, 5.41) is -0.0857. The average molecular weight is 379 g/mol. The van der Waals surface area contributed by atoms with Gasteiger partial charge in [0.15, 0.2) is 0 Å². The van der Waals surface area contributed by atoms with Gasteiger partial charge in [-0.25, -0.2) is 4.98 Å². The first-order valence-corrected chi connectivity index (χ1v) is 7.72. The topological polar surface area (TPSA) is 12.9 Å². The molecule has 3 rings (SSSR count). The second-order valence-corrected chi connectivity index (χ2v) is 5.87. The van der Waals surface area contributed by atoms with Crippen molar-refractivity contribution in [2.75, 3.05) is 0 Å². The average Bonchev–Trinajstić information content (AvgIpc) is 2.58. The summed E-state index contributed by atoms with van der Waals surface area (Å²) in [5.74, 6) is 5.25. The van der Waals surface area contributed by atoms with Crippen molar-refractivity contribution in [2.45, 2.75) is 19.3 Å². The zero-order chi connectivity index (χ0) is 19.8. The van der Waals surface area contributed by atoms with E-state index in [9.17, 15) is 26.3 Å². The summed E-state index contributed by atoms with van der Waals surface area (Å²) in [4.78, 5) is 3.23. The molecule has 0 aliphatic carbocycles. The molecule has 0 aliphatic heterocycles. The molecule has 3 aromatic rings. The molecule has 7 heteroatoms. The number of benzene rings is 2. The van der Waals surface area contributed by atoms with Gasteiger partial charge in [-0.1, -0.05) is 41.7 Å². The molecule has 0 N–H and O–H groups in total. The molecule has 138 valence electrons.